The molecule has 0 aliphatic heterocycles. The van der Waals surface area contributed by atoms with Crippen molar-refractivity contribution < 1.29 is 24.3 Å². The van der Waals surface area contributed by atoms with Gasteiger partial charge in [0.05, 0.1) is 0 Å². The van der Waals surface area contributed by atoms with Crippen LogP contribution < -0.4 is 5.73 Å². The Balaban J connectivity index is 0. The SMILES string of the molecule is BrCCCCCBr.NC(CCCCCP(=O)(O)O)C(=O)O. The largest absolute Gasteiger partial charge is 0.480 e. The summed E-state index contributed by atoms with van der Waals surface area (Å²) in [4.78, 5) is 27.3. The van der Waals surface area contributed by atoms with Crippen LogP contribution in [0.5, 0.6) is 0 Å². The van der Waals surface area contributed by atoms with Gasteiger partial charge in [-0.3, -0.25) is 9.36 Å². The molecule has 0 bridgehead atoms. The normalized spacial score (nSPS) is 12.4. The average molecular weight is 455 g/mol. The Morgan fingerprint density at radius 3 is 1.86 bits per heavy atom. The minimum atomic E-state index is -3.90. The molecule has 0 aromatic carbocycles. The summed E-state index contributed by atoms with van der Waals surface area (Å²) in [6, 6.07) is -0.870. The molecule has 0 aliphatic carbocycles. The van der Waals surface area contributed by atoms with Crippen molar-refractivity contribution >= 4 is 45.4 Å². The maximum atomic E-state index is 10.4. The van der Waals surface area contributed by atoms with Crippen molar-refractivity contribution in [1.29, 1.82) is 0 Å². The van der Waals surface area contributed by atoms with E-state index in [4.69, 9.17) is 20.6 Å². The molecular weight excluding hydrogens is 429 g/mol. The Hall–Kier alpha value is 0.540. The molecule has 9 heteroatoms. The Kier molecular flexibility index (Phi) is 17.5. The van der Waals surface area contributed by atoms with Crippen LogP contribution >= 0.6 is 39.5 Å². The second-order valence-electron chi connectivity index (χ2n) is 4.62. The summed E-state index contributed by atoms with van der Waals surface area (Å²) in [5.41, 5.74) is 5.23. The van der Waals surface area contributed by atoms with E-state index in [1.807, 2.05) is 0 Å². The zero-order valence-corrected chi connectivity index (χ0v) is 16.2. The number of carbonyl (C=O) groups is 1. The molecule has 21 heavy (non-hydrogen) atoms. The standard InChI is InChI=1S/C7H16NO5P.C5H10Br2/c8-6(7(9)10)4-2-1-3-5-14(11,12)13;6-4-2-1-3-5-7/h6H,1-5,8H2,(H,9,10)(H2,11,12,13);1-5H2. The quantitative estimate of drug-likeness (QED) is 0.216. The number of carboxylic acids is 1. The molecule has 0 heterocycles. The van der Waals surface area contributed by atoms with Gasteiger partial charge >= 0.3 is 13.6 Å². The number of nitrogens with two attached hydrogens (primary N) is 1. The molecule has 1 atom stereocenters. The molecule has 0 amide bonds. The van der Waals surface area contributed by atoms with Crippen molar-refractivity contribution in [2.24, 2.45) is 5.73 Å². The molecule has 6 nitrogen and oxygen atoms in total. The molecule has 0 saturated heterocycles. The van der Waals surface area contributed by atoms with E-state index in [-0.39, 0.29) is 6.16 Å². The molecule has 0 saturated carbocycles. The van der Waals surface area contributed by atoms with E-state index in [1.165, 1.54) is 19.3 Å². The Labute approximate surface area is 143 Å². The second-order valence-corrected chi connectivity index (χ2v) is 7.98. The number of aliphatic carboxylic acids is 1. The van der Waals surface area contributed by atoms with E-state index in [2.05, 4.69) is 31.9 Å². The number of carboxylic acid groups (broad SMARTS) is 1. The van der Waals surface area contributed by atoms with Gasteiger partial charge in [-0.15, -0.1) is 0 Å². The summed E-state index contributed by atoms with van der Waals surface area (Å²) in [7, 11) is -3.90. The molecule has 128 valence electrons. The van der Waals surface area contributed by atoms with Crippen LogP contribution in [0.4, 0.5) is 0 Å². The van der Waals surface area contributed by atoms with E-state index in [1.54, 1.807) is 0 Å². The summed E-state index contributed by atoms with van der Waals surface area (Å²) in [6.45, 7) is 0. The first kappa shape index (κ1) is 23.8. The number of alkyl halides is 2. The van der Waals surface area contributed by atoms with Crippen LogP contribution in [0.2, 0.25) is 0 Å². The van der Waals surface area contributed by atoms with Crippen molar-refractivity contribution in [3.05, 3.63) is 0 Å². The second kappa shape index (κ2) is 15.4. The fourth-order valence-electron chi connectivity index (χ4n) is 1.35. The van der Waals surface area contributed by atoms with Crippen LogP contribution in [-0.4, -0.2) is 43.7 Å². The maximum absolute atomic E-state index is 10.4. The van der Waals surface area contributed by atoms with E-state index in [9.17, 15) is 9.36 Å². The van der Waals surface area contributed by atoms with Crippen LogP contribution in [0.3, 0.4) is 0 Å². The number of rotatable bonds is 11. The molecule has 0 spiro atoms. The van der Waals surface area contributed by atoms with E-state index in [0.717, 1.165) is 10.7 Å². The summed E-state index contributed by atoms with van der Waals surface area (Å²) in [5, 5.41) is 10.7. The predicted molar refractivity (Wildman–Crippen MR) is 92.4 cm³/mol. The van der Waals surface area contributed by atoms with Crippen LogP contribution in [0, 0.1) is 0 Å². The summed E-state index contributed by atoms with van der Waals surface area (Å²) in [6.07, 6.45) is 5.73. The lowest BCUT2D eigenvalue weighted by Crippen LogP contribution is -2.29. The monoisotopic (exact) mass is 453 g/mol. The number of unbranched alkanes of at least 4 members (excludes halogenated alkanes) is 4. The lowest BCUT2D eigenvalue weighted by Gasteiger charge is -2.06. The van der Waals surface area contributed by atoms with Gasteiger partial charge in [-0.2, -0.15) is 0 Å². The molecule has 1 unspecified atom stereocenters. The van der Waals surface area contributed by atoms with E-state index < -0.39 is 19.6 Å². The number of hydrogen-bond donors (Lipinski definition) is 4. The number of halogens is 2. The minimum absolute atomic E-state index is 0.144. The molecule has 0 rings (SSSR count). The van der Waals surface area contributed by atoms with Crippen LogP contribution in [0.25, 0.3) is 0 Å². The minimum Gasteiger partial charge on any atom is -0.480 e. The van der Waals surface area contributed by atoms with Crippen molar-refractivity contribution in [3.8, 4) is 0 Å². The summed E-state index contributed by atoms with van der Waals surface area (Å²) >= 11 is 6.73. The molecule has 0 fully saturated rings. The summed E-state index contributed by atoms with van der Waals surface area (Å²) < 4.78 is 10.4. The van der Waals surface area contributed by atoms with Gasteiger partial charge < -0.3 is 20.6 Å². The van der Waals surface area contributed by atoms with Crippen molar-refractivity contribution in [3.63, 3.8) is 0 Å². The third kappa shape index (κ3) is 22.9. The topological polar surface area (TPSA) is 121 Å². The van der Waals surface area contributed by atoms with Gasteiger partial charge in [0.15, 0.2) is 0 Å². The van der Waals surface area contributed by atoms with Gasteiger partial charge in [-0.05, 0) is 25.7 Å². The fraction of sp³-hybridized carbons (Fsp3) is 0.917. The highest BCUT2D eigenvalue weighted by Gasteiger charge is 2.13. The highest BCUT2D eigenvalue weighted by molar-refractivity contribution is 9.09. The maximum Gasteiger partial charge on any atom is 0.325 e. The molecule has 5 N–H and O–H groups in total. The van der Waals surface area contributed by atoms with Crippen LogP contribution in [-0.2, 0) is 9.36 Å². The molecule has 0 aromatic heterocycles. The van der Waals surface area contributed by atoms with Gasteiger partial charge in [0.1, 0.15) is 6.04 Å². The third-order valence-electron chi connectivity index (χ3n) is 2.55. The zero-order valence-electron chi connectivity index (χ0n) is 12.1. The smallest absolute Gasteiger partial charge is 0.325 e. The van der Waals surface area contributed by atoms with Gasteiger partial charge in [0.25, 0.3) is 0 Å². The molecule has 0 radical (unpaired) electrons. The van der Waals surface area contributed by atoms with Gasteiger partial charge in [-0.1, -0.05) is 51.1 Å². The van der Waals surface area contributed by atoms with Gasteiger partial charge in [-0.25, -0.2) is 0 Å². The lowest BCUT2D eigenvalue weighted by molar-refractivity contribution is -0.138. The third-order valence-corrected chi connectivity index (χ3v) is 4.57. The molecular formula is C12H26Br2NO5P. The van der Waals surface area contributed by atoms with Crippen molar-refractivity contribution in [1.82, 2.24) is 0 Å². The summed E-state index contributed by atoms with van der Waals surface area (Å²) in [5.74, 6) is -1.04. The number of hydrogen-bond acceptors (Lipinski definition) is 3. The average Bonchev–Trinajstić information content (AvgIpc) is 2.38. The van der Waals surface area contributed by atoms with Crippen molar-refractivity contribution in [2.45, 2.75) is 51.0 Å². The Morgan fingerprint density at radius 1 is 1.00 bits per heavy atom. The van der Waals surface area contributed by atoms with Gasteiger partial charge in [0.2, 0.25) is 0 Å². The molecule has 0 aliphatic rings. The van der Waals surface area contributed by atoms with Crippen LogP contribution in [0.15, 0.2) is 0 Å². The zero-order chi connectivity index (χ0) is 16.7. The lowest BCUT2D eigenvalue weighted by atomic mass is 10.1. The Bertz CT molecular complexity index is 297. The first-order valence-corrected chi connectivity index (χ1v) is 10.9. The first-order chi connectivity index (χ1) is 9.74. The fourth-order valence-corrected chi connectivity index (χ4v) is 2.78. The van der Waals surface area contributed by atoms with Crippen LogP contribution in [0.1, 0.15) is 44.9 Å². The highest BCUT2D eigenvalue weighted by Crippen LogP contribution is 2.35. The first-order valence-electron chi connectivity index (χ1n) is 6.89. The van der Waals surface area contributed by atoms with Crippen molar-refractivity contribution in [2.75, 3.05) is 16.8 Å². The highest BCUT2D eigenvalue weighted by atomic mass is 79.9. The Morgan fingerprint density at radius 2 is 1.48 bits per heavy atom. The van der Waals surface area contributed by atoms with E-state index in [0.29, 0.717) is 25.7 Å². The van der Waals surface area contributed by atoms with Gasteiger partial charge in [0, 0.05) is 16.8 Å². The molecule has 0 aromatic rings. The van der Waals surface area contributed by atoms with E-state index >= 15 is 0 Å². The predicted octanol–water partition coefficient (Wildman–Crippen LogP) is 3.08.